The van der Waals surface area contributed by atoms with E-state index in [9.17, 15) is 13.2 Å². The second-order valence-corrected chi connectivity index (χ2v) is 8.61. The maximum Gasteiger partial charge on any atom is 0.319 e. The number of carbonyl (C=O) groups excluding carboxylic acids is 1. The molecule has 1 fully saturated rings. The fourth-order valence-corrected chi connectivity index (χ4v) is 4.59. The van der Waals surface area contributed by atoms with Crippen molar-refractivity contribution in [1.82, 2.24) is 9.88 Å². The van der Waals surface area contributed by atoms with E-state index in [0.29, 0.717) is 12.8 Å². The van der Waals surface area contributed by atoms with Crippen LogP contribution in [0.5, 0.6) is 0 Å². The fourth-order valence-electron chi connectivity index (χ4n) is 3.10. The maximum absolute atomic E-state index is 12.1. The van der Waals surface area contributed by atoms with Gasteiger partial charge in [-0.2, -0.15) is 0 Å². The maximum atomic E-state index is 12.1. The van der Waals surface area contributed by atoms with Crippen molar-refractivity contribution in [3.63, 3.8) is 0 Å². The largest absolute Gasteiger partial charge is 0.347 e. The lowest BCUT2D eigenvalue weighted by Gasteiger charge is -2.23. The monoisotopic (exact) mass is 349 g/mol. The molecule has 0 bridgehead atoms. The van der Waals surface area contributed by atoms with Crippen molar-refractivity contribution < 1.29 is 13.2 Å². The van der Waals surface area contributed by atoms with Gasteiger partial charge in [0.05, 0.1) is 11.5 Å². The van der Waals surface area contributed by atoms with Gasteiger partial charge in [-0.15, -0.1) is 0 Å². The number of carbonyl (C=O) groups is 1. The summed E-state index contributed by atoms with van der Waals surface area (Å²) in [6.07, 6.45) is 4.09. The minimum Gasteiger partial charge on any atom is -0.347 e. The standard InChI is InChI=1S/C17H23N3O3S/c1-2-8-20-9-5-13-12-15(3-4-16(13)20)19-17(21)18-14-6-10-24(22,23)11-7-14/h3-5,9,12,14H,2,6-8,10-11H2,1H3,(H2,18,19,21). The Balaban J connectivity index is 1.61. The second-order valence-electron chi connectivity index (χ2n) is 6.31. The molecular formula is C17H23N3O3S. The highest BCUT2D eigenvalue weighted by molar-refractivity contribution is 7.91. The third kappa shape index (κ3) is 3.90. The molecule has 0 spiro atoms. The normalized spacial score (nSPS) is 17.7. The van der Waals surface area contributed by atoms with E-state index in [-0.39, 0.29) is 23.6 Å². The Hall–Kier alpha value is -2.02. The minimum absolute atomic E-state index is 0.0807. The van der Waals surface area contributed by atoms with Crippen LogP contribution in [0.15, 0.2) is 30.5 Å². The summed E-state index contributed by atoms with van der Waals surface area (Å²) in [7, 11) is -2.91. The molecule has 1 aliphatic rings. The predicted molar refractivity (Wildman–Crippen MR) is 96.1 cm³/mol. The highest BCUT2D eigenvalue weighted by Crippen LogP contribution is 2.21. The summed E-state index contributed by atoms with van der Waals surface area (Å²) in [5.41, 5.74) is 1.89. The third-order valence-electron chi connectivity index (χ3n) is 4.38. The van der Waals surface area contributed by atoms with Crippen LogP contribution in [0.25, 0.3) is 10.9 Å². The number of amides is 2. The Bertz CT molecular complexity index is 828. The highest BCUT2D eigenvalue weighted by atomic mass is 32.2. The number of benzene rings is 1. The van der Waals surface area contributed by atoms with E-state index in [1.54, 1.807) is 0 Å². The molecule has 1 aromatic carbocycles. The van der Waals surface area contributed by atoms with Gasteiger partial charge in [0.1, 0.15) is 9.84 Å². The Morgan fingerprint density at radius 1 is 1.25 bits per heavy atom. The molecule has 2 amide bonds. The van der Waals surface area contributed by atoms with Crippen LogP contribution in [0.2, 0.25) is 0 Å². The van der Waals surface area contributed by atoms with Gasteiger partial charge in [0.15, 0.2) is 0 Å². The molecule has 2 N–H and O–H groups in total. The van der Waals surface area contributed by atoms with E-state index in [1.807, 2.05) is 24.3 Å². The van der Waals surface area contributed by atoms with Crippen LogP contribution < -0.4 is 10.6 Å². The molecule has 6 nitrogen and oxygen atoms in total. The van der Waals surface area contributed by atoms with E-state index in [1.165, 1.54) is 0 Å². The van der Waals surface area contributed by atoms with Gasteiger partial charge in [-0.05, 0) is 43.5 Å². The van der Waals surface area contributed by atoms with Crippen LogP contribution in [0.4, 0.5) is 10.5 Å². The number of aryl methyl sites for hydroxylation is 1. The summed E-state index contributed by atoms with van der Waals surface area (Å²) in [6.45, 7) is 3.12. The number of rotatable bonds is 4. The third-order valence-corrected chi connectivity index (χ3v) is 6.10. The van der Waals surface area contributed by atoms with Crippen LogP contribution in [0, 0.1) is 0 Å². The highest BCUT2D eigenvalue weighted by Gasteiger charge is 2.24. The molecule has 7 heteroatoms. The summed E-state index contributed by atoms with van der Waals surface area (Å²) in [4.78, 5) is 12.1. The van der Waals surface area contributed by atoms with Crippen molar-refractivity contribution in [2.45, 2.75) is 38.8 Å². The average molecular weight is 349 g/mol. The second kappa shape index (κ2) is 6.84. The van der Waals surface area contributed by atoms with Crippen molar-refractivity contribution in [2.24, 2.45) is 0 Å². The van der Waals surface area contributed by atoms with Crippen molar-refractivity contribution in [3.05, 3.63) is 30.5 Å². The molecule has 0 radical (unpaired) electrons. The number of anilines is 1. The molecule has 1 aliphatic heterocycles. The van der Waals surface area contributed by atoms with Crippen LogP contribution >= 0.6 is 0 Å². The number of hydrogen-bond acceptors (Lipinski definition) is 3. The van der Waals surface area contributed by atoms with Crippen molar-refractivity contribution in [2.75, 3.05) is 16.8 Å². The first kappa shape index (κ1) is 16.8. The first-order valence-corrected chi connectivity index (χ1v) is 10.2. The lowest BCUT2D eigenvalue weighted by atomic mass is 10.1. The predicted octanol–water partition coefficient (Wildman–Crippen LogP) is 2.75. The van der Waals surface area contributed by atoms with Gasteiger partial charge in [-0.3, -0.25) is 0 Å². The number of aromatic nitrogens is 1. The van der Waals surface area contributed by atoms with Gasteiger partial charge in [0.25, 0.3) is 0 Å². The first-order valence-electron chi connectivity index (χ1n) is 8.34. The Morgan fingerprint density at radius 2 is 2.00 bits per heavy atom. The van der Waals surface area contributed by atoms with Crippen LogP contribution in [0.3, 0.4) is 0 Å². The Morgan fingerprint density at radius 3 is 2.71 bits per heavy atom. The van der Waals surface area contributed by atoms with Gasteiger partial charge in [-0.25, -0.2) is 13.2 Å². The molecule has 0 atom stereocenters. The fraction of sp³-hybridized carbons (Fsp3) is 0.471. The molecule has 0 aliphatic carbocycles. The van der Waals surface area contributed by atoms with Gasteiger partial charge >= 0.3 is 6.03 Å². The van der Waals surface area contributed by atoms with Gasteiger partial charge in [-0.1, -0.05) is 6.92 Å². The lowest BCUT2D eigenvalue weighted by molar-refractivity contribution is 0.247. The number of sulfone groups is 1. The summed E-state index contributed by atoms with van der Waals surface area (Å²) < 4.78 is 25.0. The summed E-state index contributed by atoms with van der Waals surface area (Å²) in [5, 5.41) is 6.78. The molecule has 24 heavy (non-hydrogen) atoms. The molecule has 1 aromatic heterocycles. The van der Waals surface area contributed by atoms with E-state index in [2.05, 4.69) is 28.3 Å². The van der Waals surface area contributed by atoms with E-state index in [4.69, 9.17) is 0 Å². The lowest BCUT2D eigenvalue weighted by Crippen LogP contribution is -2.42. The zero-order valence-electron chi connectivity index (χ0n) is 13.8. The molecular weight excluding hydrogens is 326 g/mol. The number of nitrogens with zero attached hydrogens (tertiary/aromatic N) is 1. The molecule has 0 saturated carbocycles. The number of nitrogens with one attached hydrogen (secondary N) is 2. The molecule has 0 unspecified atom stereocenters. The van der Waals surface area contributed by atoms with Gasteiger partial charge in [0.2, 0.25) is 0 Å². The zero-order chi connectivity index (χ0) is 17.2. The zero-order valence-corrected chi connectivity index (χ0v) is 14.6. The average Bonchev–Trinajstić information content (AvgIpc) is 2.92. The first-order chi connectivity index (χ1) is 11.5. The molecule has 130 valence electrons. The number of fused-ring (bicyclic) bond motifs is 1. The molecule has 2 heterocycles. The molecule has 2 aromatic rings. The van der Waals surface area contributed by atoms with Crippen LogP contribution in [-0.4, -0.2) is 36.6 Å². The molecule has 3 rings (SSSR count). The summed E-state index contributed by atoms with van der Waals surface area (Å²) >= 11 is 0. The van der Waals surface area contributed by atoms with Gasteiger partial charge in [0, 0.05) is 35.4 Å². The summed E-state index contributed by atoms with van der Waals surface area (Å²) in [6, 6.07) is 7.52. The minimum atomic E-state index is -2.91. The molecule has 1 saturated heterocycles. The van der Waals surface area contributed by atoms with E-state index in [0.717, 1.165) is 29.6 Å². The van der Waals surface area contributed by atoms with Crippen molar-refractivity contribution >= 4 is 32.5 Å². The Labute approximate surface area is 142 Å². The van der Waals surface area contributed by atoms with Crippen molar-refractivity contribution in [1.29, 1.82) is 0 Å². The smallest absolute Gasteiger partial charge is 0.319 e. The van der Waals surface area contributed by atoms with Crippen LogP contribution in [0.1, 0.15) is 26.2 Å². The number of urea groups is 1. The van der Waals surface area contributed by atoms with E-state index < -0.39 is 9.84 Å². The Kier molecular flexibility index (Phi) is 4.80. The van der Waals surface area contributed by atoms with Gasteiger partial charge < -0.3 is 15.2 Å². The summed E-state index contributed by atoms with van der Waals surface area (Å²) in [5.74, 6) is 0.295. The SMILES string of the molecule is CCCn1ccc2cc(NC(=O)NC3CCS(=O)(=O)CC3)ccc21. The quantitative estimate of drug-likeness (QED) is 0.891. The van der Waals surface area contributed by atoms with Crippen molar-refractivity contribution in [3.8, 4) is 0 Å². The topological polar surface area (TPSA) is 80.2 Å². The van der Waals surface area contributed by atoms with E-state index >= 15 is 0 Å². The van der Waals surface area contributed by atoms with Crippen LogP contribution in [-0.2, 0) is 16.4 Å². The number of hydrogen-bond donors (Lipinski definition) is 2.